The second-order valence-corrected chi connectivity index (χ2v) is 3.07. The SMILES string of the molecule is CCOc1cc(O)cc(O)c1CBr. The Hall–Kier alpha value is -0.900. The van der Waals surface area contributed by atoms with E-state index in [0.717, 1.165) is 0 Å². The van der Waals surface area contributed by atoms with Crippen LogP contribution in [0.1, 0.15) is 12.5 Å². The Morgan fingerprint density at radius 3 is 2.62 bits per heavy atom. The van der Waals surface area contributed by atoms with Crippen LogP contribution >= 0.6 is 15.9 Å². The molecular formula is C9H11BrO3. The summed E-state index contributed by atoms with van der Waals surface area (Å²) in [6.45, 7) is 2.35. The van der Waals surface area contributed by atoms with Crippen molar-refractivity contribution < 1.29 is 14.9 Å². The predicted octanol–water partition coefficient (Wildman–Crippen LogP) is 2.39. The maximum atomic E-state index is 9.43. The van der Waals surface area contributed by atoms with Crippen LogP contribution in [0, 0.1) is 0 Å². The molecule has 13 heavy (non-hydrogen) atoms. The van der Waals surface area contributed by atoms with Gasteiger partial charge in [-0.2, -0.15) is 0 Å². The number of ether oxygens (including phenoxy) is 1. The molecule has 0 aromatic heterocycles. The quantitative estimate of drug-likeness (QED) is 0.806. The minimum Gasteiger partial charge on any atom is -0.508 e. The van der Waals surface area contributed by atoms with Crippen LogP contribution in [0.3, 0.4) is 0 Å². The van der Waals surface area contributed by atoms with Gasteiger partial charge < -0.3 is 14.9 Å². The van der Waals surface area contributed by atoms with Crippen molar-refractivity contribution in [2.45, 2.75) is 12.3 Å². The molecule has 72 valence electrons. The Bertz CT molecular complexity index is 299. The summed E-state index contributed by atoms with van der Waals surface area (Å²) >= 11 is 3.23. The summed E-state index contributed by atoms with van der Waals surface area (Å²) in [5.74, 6) is 0.558. The lowest BCUT2D eigenvalue weighted by molar-refractivity contribution is 0.331. The summed E-state index contributed by atoms with van der Waals surface area (Å²) in [6.07, 6.45) is 0. The maximum Gasteiger partial charge on any atom is 0.130 e. The van der Waals surface area contributed by atoms with Crippen molar-refractivity contribution in [3.05, 3.63) is 17.7 Å². The van der Waals surface area contributed by atoms with Gasteiger partial charge >= 0.3 is 0 Å². The molecule has 1 aromatic rings. The number of hydrogen-bond donors (Lipinski definition) is 2. The highest BCUT2D eigenvalue weighted by Gasteiger charge is 2.09. The van der Waals surface area contributed by atoms with Crippen LogP contribution in [0.15, 0.2) is 12.1 Å². The molecule has 4 heteroatoms. The molecule has 0 saturated heterocycles. The van der Waals surface area contributed by atoms with Gasteiger partial charge in [0.1, 0.15) is 17.2 Å². The van der Waals surface area contributed by atoms with E-state index < -0.39 is 0 Å². The summed E-state index contributed by atoms with van der Waals surface area (Å²) in [4.78, 5) is 0. The number of phenols is 2. The lowest BCUT2D eigenvalue weighted by atomic mass is 10.2. The average Bonchev–Trinajstić information content (AvgIpc) is 2.04. The smallest absolute Gasteiger partial charge is 0.130 e. The molecule has 0 atom stereocenters. The molecule has 2 N–H and O–H groups in total. The number of benzene rings is 1. The van der Waals surface area contributed by atoms with Gasteiger partial charge in [0.05, 0.1) is 6.61 Å². The lowest BCUT2D eigenvalue weighted by Crippen LogP contribution is -1.95. The number of hydrogen-bond acceptors (Lipinski definition) is 3. The molecule has 0 fully saturated rings. The number of phenolic OH excluding ortho intramolecular Hbond substituents is 2. The van der Waals surface area contributed by atoms with E-state index in [1.165, 1.54) is 12.1 Å². The first-order valence-corrected chi connectivity index (χ1v) is 5.04. The van der Waals surface area contributed by atoms with Crippen molar-refractivity contribution in [2.24, 2.45) is 0 Å². The minimum atomic E-state index is 0.00523. The highest BCUT2D eigenvalue weighted by Crippen LogP contribution is 2.34. The molecule has 1 rings (SSSR count). The third-order valence-corrected chi connectivity index (χ3v) is 2.16. The van der Waals surface area contributed by atoms with E-state index in [1.807, 2.05) is 6.92 Å². The highest BCUT2D eigenvalue weighted by atomic mass is 79.9. The molecular weight excluding hydrogens is 236 g/mol. The summed E-state index contributed by atoms with van der Waals surface area (Å²) < 4.78 is 5.24. The van der Waals surface area contributed by atoms with Gasteiger partial charge in [0.2, 0.25) is 0 Å². The van der Waals surface area contributed by atoms with Gasteiger partial charge in [-0.1, -0.05) is 15.9 Å². The first-order valence-electron chi connectivity index (χ1n) is 3.92. The fourth-order valence-corrected chi connectivity index (χ4v) is 1.60. The van der Waals surface area contributed by atoms with Gasteiger partial charge in [-0.25, -0.2) is 0 Å². The van der Waals surface area contributed by atoms with Crippen molar-refractivity contribution in [3.8, 4) is 17.2 Å². The van der Waals surface area contributed by atoms with Crippen LogP contribution in [-0.2, 0) is 5.33 Å². The Kier molecular flexibility index (Phi) is 3.42. The number of rotatable bonds is 3. The summed E-state index contributed by atoms with van der Waals surface area (Å²) in [6, 6.07) is 2.78. The van der Waals surface area contributed by atoms with Gasteiger partial charge in [0, 0.05) is 23.0 Å². The fraction of sp³-hybridized carbons (Fsp3) is 0.333. The van der Waals surface area contributed by atoms with E-state index in [0.29, 0.717) is 23.2 Å². The molecule has 0 heterocycles. The van der Waals surface area contributed by atoms with Crippen LogP contribution < -0.4 is 4.74 Å². The van der Waals surface area contributed by atoms with E-state index in [1.54, 1.807) is 0 Å². The molecule has 0 unspecified atom stereocenters. The average molecular weight is 247 g/mol. The molecule has 0 aliphatic heterocycles. The van der Waals surface area contributed by atoms with Crippen LogP contribution in [0.25, 0.3) is 0 Å². The zero-order valence-corrected chi connectivity index (χ0v) is 8.84. The van der Waals surface area contributed by atoms with Gasteiger partial charge in [0.25, 0.3) is 0 Å². The molecule has 0 saturated carbocycles. The fourth-order valence-electron chi connectivity index (χ4n) is 1.04. The predicted molar refractivity (Wildman–Crippen MR) is 53.6 cm³/mol. The Morgan fingerprint density at radius 2 is 2.08 bits per heavy atom. The van der Waals surface area contributed by atoms with E-state index in [-0.39, 0.29) is 11.5 Å². The van der Waals surface area contributed by atoms with Crippen molar-refractivity contribution in [2.75, 3.05) is 6.61 Å². The molecule has 3 nitrogen and oxygen atoms in total. The summed E-state index contributed by atoms with van der Waals surface area (Å²) in [7, 11) is 0. The minimum absolute atomic E-state index is 0.00523. The lowest BCUT2D eigenvalue weighted by Gasteiger charge is -2.10. The van der Waals surface area contributed by atoms with E-state index >= 15 is 0 Å². The Balaban J connectivity index is 3.13. The van der Waals surface area contributed by atoms with Crippen molar-refractivity contribution in [1.82, 2.24) is 0 Å². The monoisotopic (exact) mass is 246 g/mol. The summed E-state index contributed by atoms with van der Waals surface area (Å²) in [5.41, 5.74) is 0.652. The maximum absolute atomic E-state index is 9.43. The first kappa shape index (κ1) is 10.2. The van der Waals surface area contributed by atoms with Crippen molar-refractivity contribution >= 4 is 15.9 Å². The van der Waals surface area contributed by atoms with E-state index in [2.05, 4.69) is 15.9 Å². The molecule has 0 spiro atoms. The van der Waals surface area contributed by atoms with E-state index in [9.17, 15) is 10.2 Å². The first-order chi connectivity index (χ1) is 6.19. The second kappa shape index (κ2) is 4.37. The van der Waals surface area contributed by atoms with Crippen LogP contribution in [-0.4, -0.2) is 16.8 Å². The molecule has 0 bridgehead atoms. The van der Waals surface area contributed by atoms with Crippen molar-refractivity contribution in [3.63, 3.8) is 0 Å². The third kappa shape index (κ3) is 2.28. The third-order valence-electron chi connectivity index (χ3n) is 1.60. The molecule has 0 amide bonds. The number of aromatic hydroxyl groups is 2. The largest absolute Gasteiger partial charge is 0.508 e. The zero-order chi connectivity index (χ0) is 9.84. The Morgan fingerprint density at radius 1 is 1.38 bits per heavy atom. The van der Waals surface area contributed by atoms with Crippen molar-refractivity contribution in [1.29, 1.82) is 0 Å². The molecule has 0 aliphatic carbocycles. The normalized spacial score (nSPS) is 10.0. The van der Waals surface area contributed by atoms with Gasteiger partial charge in [-0.05, 0) is 6.92 Å². The second-order valence-electron chi connectivity index (χ2n) is 2.51. The van der Waals surface area contributed by atoms with Crippen LogP contribution in [0.4, 0.5) is 0 Å². The van der Waals surface area contributed by atoms with Gasteiger partial charge in [-0.3, -0.25) is 0 Å². The zero-order valence-electron chi connectivity index (χ0n) is 7.25. The van der Waals surface area contributed by atoms with Gasteiger partial charge in [0.15, 0.2) is 0 Å². The van der Waals surface area contributed by atoms with Crippen LogP contribution in [0.5, 0.6) is 17.2 Å². The number of halogens is 1. The topological polar surface area (TPSA) is 49.7 Å². The van der Waals surface area contributed by atoms with Crippen LogP contribution in [0.2, 0.25) is 0 Å². The highest BCUT2D eigenvalue weighted by molar-refractivity contribution is 9.08. The summed E-state index contributed by atoms with van der Waals surface area (Å²) in [5, 5.41) is 19.1. The van der Waals surface area contributed by atoms with Gasteiger partial charge in [-0.15, -0.1) is 0 Å². The van der Waals surface area contributed by atoms with E-state index in [4.69, 9.17) is 4.74 Å². The molecule has 1 aromatic carbocycles. The number of alkyl halides is 1. The molecule has 0 aliphatic rings. The Labute approximate surface area is 85.1 Å². The standard InChI is InChI=1S/C9H11BrO3/c1-2-13-9-4-6(11)3-8(12)7(9)5-10/h3-4,11-12H,2,5H2,1H3. The molecule has 0 radical (unpaired) electrons.